The summed E-state index contributed by atoms with van der Waals surface area (Å²) in [7, 11) is 1.75. The second-order valence-corrected chi connectivity index (χ2v) is 7.51. The van der Waals surface area contributed by atoms with E-state index in [1.807, 2.05) is 0 Å². The molecule has 0 saturated heterocycles. The number of nitrogens with zero attached hydrogens (tertiary/aromatic N) is 3. The first kappa shape index (κ1) is 17.6. The van der Waals surface area contributed by atoms with Crippen molar-refractivity contribution in [3.63, 3.8) is 0 Å². The first-order valence-corrected chi connectivity index (χ1v) is 8.99. The van der Waals surface area contributed by atoms with E-state index in [1.54, 1.807) is 37.1 Å². The maximum Gasteiger partial charge on any atom is 0.272 e. The molecule has 1 aliphatic rings. The van der Waals surface area contributed by atoms with Gasteiger partial charge in [0.05, 0.1) is 11.7 Å². The quantitative estimate of drug-likeness (QED) is 0.738. The summed E-state index contributed by atoms with van der Waals surface area (Å²) in [5, 5.41) is 14.3. The van der Waals surface area contributed by atoms with Crippen molar-refractivity contribution in [2.75, 3.05) is 0 Å². The monoisotopic (exact) mass is 373 g/mol. The number of rotatable bonds is 3. The van der Waals surface area contributed by atoms with Crippen LogP contribution in [0.15, 0.2) is 24.5 Å². The Morgan fingerprint density at radius 3 is 2.78 bits per heavy atom. The smallest absolute Gasteiger partial charge is 0.272 e. The molecule has 1 fully saturated rings. The van der Waals surface area contributed by atoms with Crippen molar-refractivity contribution in [1.82, 2.24) is 25.3 Å². The van der Waals surface area contributed by atoms with Gasteiger partial charge in [-0.3, -0.25) is 14.6 Å². The Morgan fingerprint density at radius 2 is 2.11 bits per heavy atom. The summed E-state index contributed by atoms with van der Waals surface area (Å²) in [6.45, 7) is 1.60. The third-order valence-electron chi connectivity index (χ3n) is 5.24. The van der Waals surface area contributed by atoms with Crippen LogP contribution < -0.4 is 5.32 Å². The third-order valence-corrected chi connectivity index (χ3v) is 5.24. The Balaban J connectivity index is 1.61. The Bertz CT molecular complexity index is 997. The van der Waals surface area contributed by atoms with Gasteiger partial charge in [-0.1, -0.05) is 0 Å². The van der Waals surface area contributed by atoms with Crippen LogP contribution in [-0.4, -0.2) is 37.6 Å². The van der Waals surface area contributed by atoms with Crippen molar-refractivity contribution < 1.29 is 13.6 Å². The van der Waals surface area contributed by atoms with Gasteiger partial charge in [-0.15, -0.1) is 0 Å². The fraction of sp³-hybridized carbons (Fsp3) is 0.421. The molecule has 1 saturated carbocycles. The molecule has 1 amide bonds. The van der Waals surface area contributed by atoms with E-state index in [1.165, 1.54) is 6.07 Å². The molecule has 4 rings (SSSR count). The topological polar surface area (TPSA) is 75.6 Å². The lowest BCUT2D eigenvalue weighted by atomic mass is 9.85. The number of aromatic amines is 1. The molecule has 2 N–H and O–H groups in total. The molecule has 0 spiro atoms. The molecule has 8 heteroatoms. The highest BCUT2D eigenvalue weighted by molar-refractivity contribution is 6.05. The fourth-order valence-electron chi connectivity index (χ4n) is 3.61. The van der Waals surface area contributed by atoms with Crippen LogP contribution >= 0.6 is 0 Å². The second-order valence-electron chi connectivity index (χ2n) is 7.51. The van der Waals surface area contributed by atoms with Crippen molar-refractivity contribution in [2.24, 2.45) is 7.05 Å². The van der Waals surface area contributed by atoms with Crippen LogP contribution in [0, 0.1) is 5.82 Å². The second kappa shape index (κ2) is 6.44. The van der Waals surface area contributed by atoms with Crippen molar-refractivity contribution in [2.45, 2.75) is 44.3 Å². The Morgan fingerprint density at radius 1 is 1.37 bits per heavy atom. The number of H-pyrrole nitrogens is 1. The van der Waals surface area contributed by atoms with Gasteiger partial charge in [0.15, 0.2) is 5.69 Å². The van der Waals surface area contributed by atoms with Crippen molar-refractivity contribution in [1.29, 1.82) is 0 Å². The number of hydrogen-bond donors (Lipinski definition) is 2. The van der Waals surface area contributed by atoms with Crippen LogP contribution in [0.1, 0.15) is 43.1 Å². The van der Waals surface area contributed by atoms with Crippen molar-refractivity contribution >= 4 is 16.8 Å². The van der Waals surface area contributed by atoms with Gasteiger partial charge in [-0.05, 0) is 38.7 Å². The zero-order valence-corrected chi connectivity index (χ0v) is 15.2. The summed E-state index contributed by atoms with van der Waals surface area (Å²) in [5.41, 5.74) is 0.487. The maximum absolute atomic E-state index is 14.4. The van der Waals surface area contributed by atoms with Crippen molar-refractivity contribution in [3.8, 4) is 11.1 Å². The van der Waals surface area contributed by atoms with Crippen LogP contribution in [0.4, 0.5) is 8.78 Å². The number of nitrogens with one attached hydrogen (secondary N) is 2. The van der Waals surface area contributed by atoms with E-state index in [9.17, 15) is 13.6 Å². The van der Waals surface area contributed by atoms with Crippen LogP contribution in [0.25, 0.3) is 22.0 Å². The third kappa shape index (κ3) is 3.43. The van der Waals surface area contributed by atoms with Gasteiger partial charge in [0.25, 0.3) is 5.91 Å². The molecule has 1 aromatic carbocycles. The Hall–Kier alpha value is -2.77. The summed E-state index contributed by atoms with van der Waals surface area (Å²) in [4.78, 5) is 12.7. The van der Waals surface area contributed by atoms with Crippen LogP contribution in [0.3, 0.4) is 0 Å². The van der Waals surface area contributed by atoms with Crippen LogP contribution in [0.5, 0.6) is 0 Å². The molecular weight excluding hydrogens is 352 g/mol. The number of aromatic nitrogens is 4. The zero-order chi connectivity index (χ0) is 19.2. The molecule has 27 heavy (non-hydrogen) atoms. The Labute approximate surface area is 154 Å². The molecule has 2 heterocycles. The predicted octanol–water partition coefficient (Wildman–Crippen LogP) is 3.50. The van der Waals surface area contributed by atoms with E-state index in [-0.39, 0.29) is 17.6 Å². The summed E-state index contributed by atoms with van der Waals surface area (Å²) in [5.74, 6) is -0.752. The van der Waals surface area contributed by atoms with Crippen LogP contribution in [0.2, 0.25) is 0 Å². The first-order valence-electron chi connectivity index (χ1n) is 8.99. The SMILES string of the molecule is Cn1cc(-c2cc3c(C(=O)NC4CCC(C)(F)CC4)n[nH]c3cc2F)cn1. The molecule has 0 atom stereocenters. The summed E-state index contributed by atoms with van der Waals surface area (Å²) in [6.07, 6.45) is 5.32. The molecule has 3 aromatic rings. The molecule has 0 aliphatic heterocycles. The van der Waals surface area contributed by atoms with E-state index in [4.69, 9.17) is 0 Å². The van der Waals surface area contributed by atoms with Crippen molar-refractivity contribution in [3.05, 3.63) is 36.0 Å². The van der Waals surface area contributed by atoms with Gasteiger partial charge >= 0.3 is 0 Å². The number of benzene rings is 1. The summed E-state index contributed by atoms with van der Waals surface area (Å²) in [6, 6.07) is 2.86. The molecule has 0 radical (unpaired) electrons. The van der Waals surface area contributed by atoms with Gasteiger partial charge in [0.2, 0.25) is 0 Å². The van der Waals surface area contributed by atoms with Gasteiger partial charge in [0.1, 0.15) is 11.5 Å². The number of carbonyl (C=O) groups excluding carboxylic acids is 1. The number of aryl methyl sites for hydroxylation is 1. The summed E-state index contributed by atoms with van der Waals surface area (Å²) < 4.78 is 30.0. The highest BCUT2D eigenvalue weighted by atomic mass is 19.1. The minimum atomic E-state index is -1.16. The molecule has 6 nitrogen and oxygen atoms in total. The van der Waals surface area contributed by atoms with Gasteiger partial charge < -0.3 is 5.32 Å². The lowest BCUT2D eigenvalue weighted by molar-refractivity contribution is 0.0847. The average Bonchev–Trinajstić information content (AvgIpc) is 3.21. The summed E-state index contributed by atoms with van der Waals surface area (Å²) >= 11 is 0. The highest BCUT2D eigenvalue weighted by Gasteiger charge is 2.31. The number of amides is 1. The molecule has 142 valence electrons. The number of halogens is 2. The van der Waals surface area contributed by atoms with E-state index >= 15 is 0 Å². The minimum Gasteiger partial charge on any atom is -0.348 e. The number of carbonyl (C=O) groups is 1. The normalized spacial score (nSPS) is 22.9. The van der Waals surface area contributed by atoms with E-state index in [2.05, 4.69) is 20.6 Å². The molecule has 2 aromatic heterocycles. The minimum absolute atomic E-state index is 0.0775. The molecule has 0 unspecified atom stereocenters. The zero-order valence-electron chi connectivity index (χ0n) is 15.2. The van der Waals surface area contributed by atoms with Gasteiger partial charge in [-0.2, -0.15) is 10.2 Å². The number of fused-ring (bicyclic) bond motifs is 1. The lowest BCUT2D eigenvalue weighted by Gasteiger charge is -2.31. The predicted molar refractivity (Wildman–Crippen MR) is 97.5 cm³/mol. The maximum atomic E-state index is 14.4. The van der Waals surface area contributed by atoms with Crippen LogP contribution in [-0.2, 0) is 7.05 Å². The Kier molecular flexibility index (Phi) is 4.20. The molecular formula is C19H21F2N5O. The molecule has 1 aliphatic carbocycles. The first-order chi connectivity index (χ1) is 12.8. The van der Waals surface area contributed by atoms with Gasteiger partial charge in [0, 0.05) is 41.9 Å². The average molecular weight is 373 g/mol. The van der Waals surface area contributed by atoms with E-state index in [0.29, 0.717) is 47.7 Å². The fourth-order valence-corrected chi connectivity index (χ4v) is 3.61. The standard InChI is InChI=1S/C19H21F2N5O/c1-19(21)5-3-12(4-6-19)23-18(27)17-14-7-13(11-9-22-26(2)10-11)15(20)8-16(14)24-25-17/h7-10,12H,3-6H2,1-2H3,(H,23,27)(H,24,25). The number of hydrogen-bond acceptors (Lipinski definition) is 3. The largest absolute Gasteiger partial charge is 0.348 e. The van der Waals surface area contributed by atoms with E-state index < -0.39 is 11.5 Å². The lowest BCUT2D eigenvalue weighted by Crippen LogP contribution is -2.40. The highest BCUT2D eigenvalue weighted by Crippen LogP contribution is 2.32. The van der Waals surface area contributed by atoms with E-state index in [0.717, 1.165) is 0 Å². The molecule has 0 bridgehead atoms. The number of alkyl halides is 1. The van der Waals surface area contributed by atoms with Gasteiger partial charge in [-0.25, -0.2) is 8.78 Å².